The van der Waals surface area contributed by atoms with Crippen LogP contribution in [0.25, 0.3) is 0 Å². The van der Waals surface area contributed by atoms with Crippen molar-refractivity contribution in [2.24, 2.45) is 0 Å². The van der Waals surface area contributed by atoms with Gasteiger partial charge in [0.1, 0.15) is 0 Å². The molecule has 1 aromatic carbocycles. The molecule has 0 aliphatic carbocycles. The van der Waals surface area contributed by atoms with E-state index in [4.69, 9.17) is 4.74 Å². The molecule has 1 heterocycles. The second-order valence-corrected chi connectivity index (χ2v) is 4.86. The smallest absolute Gasteiger partial charge is 0.247 e. The van der Waals surface area contributed by atoms with Gasteiger partial charge in [0.2, 0.25) is 5.95 Å². The quantitative estimate of drug-likeness (QED) is 0.881. The highest BCUT2D eigenvalue weighted by Crippen LogP contribution is 2.21. The molecule has 0 fully saturated rings. The van der Waals surface area contributed by atoms with E-state index in [1.54, 1.807) is 7.11 Å². The molecule has 5 nitrogen and oxygen atoms in total. The zero-order valence-electron chi connectivity index (χ0n) is 13.1. The van der Waals surface area contributed by atoms with Crippen LogP contribution in [0.4, 0.5) is 11.6 Å². The van der Waals surface area contributed by atoms with Crippen molar-refractivity contribution >= 4 is 11.6 Å². The monoisotopic (exact) mass is 286 g/mol. The van der Waals surface area contributed by atoms with Crippen LogP contribution in [0.15, 0.2) is 24.3 Å². The van der Waals surface area contributed by atoms with Gasteiger partial charge in [-0.1, -0.05) is 26.0 Å². The van der Waals surface area contributed by atoms with E-state index in [2.05, 4.69) is 34.3 Å². The number of hydrogen-bond acceptors (Lipinski definition) is 5. The van der Waals surface area contributed by atoms with Crippen molar-refractivity contribution in [2.75, 3.05) is 12.4 Å². The molecule has 0 spiro atoms. The highest BCUT2D eigenvalue weighted by atomic mass is 16.5. The third-order valence-corrected chi connectivity index (χ3v) is 3.47. The van der Waals surface area contributed by atoms with E-state index in [1.165, 1.54) is 0 Å². The first-order valence-electron chi connectivity index (χ1n) is 7.30. The Balaban J connectivity index is 2.22. The summed E-state index contributed by atoms with van der Waals surface area (Å²) in [6.07, 6.45) is 1.76. The number of methoxy groups -OCH3 is 1. The molecule has 0 aliphatic heterocycles. The predicted octanol–water partition coefficient (Wildman–Crippen LogP) is 3.45. The molecule has 1 atom stereocenters. The van der Waals surface area contributed by atoms with E-state index < -0.39 is 0 Å². The summed E-state index contributed by atoms with van der Waals surface area (Å²) < 4.78 is 5.34. The van der Waals surface area contributed by atoms with E-state index in [1.807, 2.05) is 31.2 Å². The summed E-state index contributed by atoms with van der Waals surface area (Å²) >= 11 is 0. The lowest BCUT2D eigenvalue weighted by molar-refractivity contribution is 0.119. The summed E-state index contributed by atoms with van der Waals surface area (Å²) in [4.78, 5) is 4.54. The van der Waals surface area contributed by atoms with Gasteiger partial charge in [-0.15, -0.1) is 10.2 Å². The van der Waals surface area contributed by atoms with E-state index in [9.17, 15) is 0 Å². The number of rotatable bonds is 6. The number of anilines is 2. The topological polar surface area (TPSA) is 59.9 Å². The highest BCUT2D eigenvalue weighted by Gasteiger charge is 2.08. The van der Waals surface area contributed by atoms with Gasteiger partial charge in [-0.3, -0.25) is 0 Å². The second kappa shape index (κ2) is 7.13. The number of hydrogen-bond donors (Lipinski definition) is 1. The van der Waals surface area contributed by atoms with Gasteiger partial charge < -0.3 is 10.1 Å². The molecular formula is C16H22N4O. The number of aromatic nitrogens is 3. The Kier molecular flexibility index (Phi) is 5.22. The lowest BCUT2D eigenvalue weighted by Gasteiger charge is -2.12. The Morgan fingerprint density at radius 3 is 2.57 bits per heavy atom. The Labute approximate surface area is 125 Å². The molecule has 1 N–H and O–H groups in total. The van der Waals surface area contributed by atoms with Gasteiger partial charge in [0.15, 0.2) is 0 Å². The third kappa shape index (κ3) is 3.76. The van der Waals surface area contributed by atoms with Crippen LogP contribution in [0.5, 0.6) is 0 Å². The molecule has 1 aromatic heterocycles. The van der Waals surface area contributed by atoms with Crippen LogP contribution < -0.4 is 5.32 Å². The van der Waals surface area contributed by atoms with Crippen LogP contribution in [0, 0.1) is 0 Å². The summed E-state index contributed by atoms with van der Waals surface area (Å²) in [6.45, 7) is 6.16. The minimum atomic E-state index is 0.0551. The molecule has 5 heteroatoms. The van der Waals surface area contributed by atoms with Crippen LogP contribution in [-0.4, -0.2) is 22.3 Å². The fraction of sp³-hybridized carbons (Fsp3) is 0.438. The van der Waals surface area contributed by atoms with Crippen molar-refractivity contribution < 1.29 is 4.74 Å². The third-order valence-electron chi connectivity index (χ3n) is 3.47. The molecule has 0 saturated heterocycles. The predicted molar refractivity (Wildman–Crippen MR) is 83.7 cm³/mol. The Hall–Kier alpha value is -2.01. The Bertz CT molecular complexity index is 601. The lowest BCUT2D eigenvalue weighted by atomic mass is 10.1. The first-order chi connectivity index (χ1) is 10.2. The van der Waals surface area contributed by atoms with Crippen LogP contribution in [-0.2, 0) is 17.6 Å². The SMILES string of the molecule is CCc1nnc(Nc2cccc(C(C)OC)c2)nc1CC. The highest BCUT2D eigenvalue weighted by molar-refractivity contribution is 5.54. The van der Waals surface area contributed by atoms with E-state index in [0.29, 0.717) is 5.95 Å². The van der Waals surface area contributed by atoms with Crippen LogP contribution in [0.2, 0.25) is 0 Å². The lowest BCUT2D eigenvalue weighted by Crippen LogP contribution is -2.07. The van der Waals surface area contributed by atoms with Crippen molar-refractivity contribution in [3.05, 3.63) is 41.2 Å². The molecule has 0 bridgehead atoms. The summed E-state index contributed by atoms with van der Waals surface area (Å²) in [5.74, 6) is 0.534. The van der Waals surface area contributed by atoms with E-state index >= 15 is 0 Å². The first-order valence-corrected chi connectivity index (χ1v) is 7.30. The van der Waals surface area contributed by atoms with E-state index in [0.717, 1.165) is 35.5 Å². The average Bonchev–Trinajstić information content (AvgIpc) is 2.54. The first kappa shape index (κ1) is 15.4. The number of nitrogens with one attached hydrogen (secondary N) is 1. The average molecular weight is 286 g/mol. The maximum Gasteiger partial charge on any atom is 0.247 e. The molecular weight excluding hydrogens is 264 g/mol. The zero-order chi connectivity index (χ0) is 15.2. The Morgan fingerprint density at radius 2 is 1.90 bits per heavy atom. The standard InChI is InChI=1S/C16H22N4O/c1-5-14-15(6-2)19-20-16(18-14)17-13-9-7-8-12(10-13)11(3)21-4/h7-11H,5-6H2,1-4H3,(H,17,18,20). The number of benzene rings is 1. The molecule has 0 aliphatic rings. The molecule has 21 heavy (non-hydrogen) atoms. The van der Waals surface area contributed by atoms with Gasteiger partial charge in [-0.2, -0.15) is 0 Å². The molecule has 1 unspecified atom stereocenters. The molecule has 2 aromatic rings. The molecule has 0 radical (unpaired) electrons. The van der Waals surface area contributed by atoms with Gasteiger partial charge >= 0.3 is 0 Å². The molecule has 0 saturated carbocycles. The van der Waals surface area contributed by atoms with Crippen molar-refractivity contribution in [1.29, 1.82) is 0 Å². The van der Waals surface area contributed by atoms with Crippen LogP contribution in [0.1, 0.15) is 43.8 Å². The van der Waals surface area contributed by atoms with Gasteiger partial charge in [-0.25, -0.2) is 4.98 Å². The van der Waals surface area contributed by atoms with Crippen molar-refractivity contribution in [3.8, 4) is 0 Å². The van der Waals surface area contributed by atoms with Crippen molar-refractivity contribution in [1.82, 2.24) is 15.2 Å². The second-order valence-electron chi connectivity index (χ2n) is 4.86. The van der Waals surface area contributed by atoms with Gasteiger partial charge in [-0.05, 0) is 37.5 Å². The van der Waals surface area contributed by atoms with Crippen molar-refractivity contribution in [3.63, 3.8) is 0 Å². The molecule has 0 amide bonds. The summed E-state index contributed by atoms with van der Waals surface area (Å²) in [6, 6.07) is 8.04. The summed E-state index contributed by atoms with van der Waals surface area (Å²) in [5.41, 5.74) is 4.00. The van der Waals surface area contributed by atoms with Gasteiger partial charge in [0.25, 0.3) is 0 Å². The minimum Gasteiger partial charge on any atom is -0.377 e. The van der Waals surface area contributed by atoms with E-state index in [-0.39, 0.29) is 6.10 Å². The number of aryl methyl sites for hydroxylation is 2. The zero-order valence-corrected chi connectivity index (χ0v) is 13.1. The minimum absolute atomic E-state index is 0.0551. The van der Waals surface area contributed by atoms with Gasteiger partial charge in [0.05, 0.1) is 17.5 Å². The number of ether oxygens (including phenoxy) is 1. The molecule has 2 rings (SSSR count). The Morgan fingerprint density at radius 1 is 1.14 bits per heavy atom. The maximum absolute atomic E-state index is 5.34. The maximum atomic E-state index is 5.34. The summed E-state index contributed by atoms with van der Waals surface area (Å²) in [7, 11) is 1.70. The van der Waals surface area contributed by atoms with Crippen molar-refractivity contribution in [2.45, 2.75) is 39.7 Å². The summed E-state index contributed by atoms with van der Waals surface area (Å²) in [5, 5.41) is 11.6. The molecule has 112 valence electrons. The van der Waals surface area contributed by atoms with Gasteiger partial charge in [0, 0.05) is 12.8 Å². The van der Waals surface area contributed by atoms with Crippen LogP contribution in [0.3, 0.4) is 0 Å². The number of nitrogens with zero attached hydrogens (tertiary/aromatic N) is 3. The largest absolute Gasteiger partial charge is 0.377 e. The fourth-order valence-electron chi connectivity index (χ4n) is 2.13. The fourth-order valence-corrected chi connectivity index (χ4v) is 2.13. The van der Waals surface area contributed by atoms with Crippen LogP contribution >= 0.6 is 0 Å². The normalized spacial score (nSPS) is 12.2.